The van der Waals surface area contributed by atoms with Crippen LogP contribution in [0.3, 0.4) is 0 Å². The summed E-state index contributed by atoms with van der Waals surface area (Å²) < 4.78 is 10.5. The summed E-state index contributed by atoms with van der Waals surface area (Å²) in [5.74, 6) is -0.351. The average Bonchev–Trinajstić information content (AvgIpc) is 2.97. The molecule has 1 aliphatic carbocycles. The van der Waals surface area contributed by atoms with Gasteiger partial charge in [0.2, 0.25) is 5.76 Å². The van der Waals surface area contributed by atoms with Crippen LogP contribution in [-0.2, 0) is 6.42 Å². The number of aryl methyl sites for hydroxylation is 1. The molecule has 25 heavy (non-hydrogen) atoms. The molecule has 0 atom stereocenters. The van der Waals surface area contributed by atoms with Crippen LogP contribution < -0.4 is 10.2 Å². The molecule has 0 unspecified atom stereocenters. The Hall–Kier alpha value is -3.09. The van der Waals surface area contributed by atoms with Crippen molar-refractivity contribution in [2.24, 2.45) is 5.10 Å². The highest BCUT2D eigenvalue weighted by molar-refractivity contribution is 6.06. The Balaban J connectivity index is 1.86. The quantitative estimate of drug-likeness (QED) is 0.832. The summed E-state index contributed by atoms with van der Waals surface area (Å²) >= 11 is 0. The van der Waals surface area contributed by atoms with E-state index in [1.165, 1.54) is 7.11 Å². The fraction of sp³-hybridized carbons (Fsp3) is 0.278. The molecular weight excluding hydrogens is 324 g/mol. The lowest BCUT2D eigenvalue weighted by atomic mass is 9.93. The third-order valence-corrected chi connectivity index (χ3v) is 4.14. The SMILES string of the molecule is COc1cccc(C(=O)N/N=C2\CCCc3oc(C(=O)O)c(C)c32)c1. The Morgan fingerprint density at radius 2 is 2.12 bits per heavy atom. The van der Waals surface area contributed by atoms with Gasteiger partial charge in [-0.05, 0) is 38.0 Å². The summed E-state index contributed by atoms with van der Waals surface area (Å²) in [5, 5.41) is 13.4. The van der Waals surface area contributed by atoms with Crippen molar-refractivity contribution >= 4 is 17.6 Å². The van der Waals surface area contributed by atoms with Gasteiger partial charge in [-0.25, -0.2) is 10.2 Å². The number of carboxylic acid groups (broad SMARTS) is 1. The van der Waals surface area contributed by atoms with Gasteiger partial charge in [-0.2, -0.15) is 5.10 Å². The summed E-state index contributed by atoms with van der Waals surface area (Å²) in [6.45, 7) is 1.69. The van der Waals surface area contributed by atoms with Crippen LogP contribution in [-0.4, -0.2) is 29.8 Å². The highest BCUT2D eigenvalue weighted by Gasteiger charge is 2.27. The lowest BCUT2D eigenvalue weighted by Crippen LogP contribution is -2.22. The van der Waals surface area contributed by atoms with E-state index in [-0.39, 0.29) is 11.7 Å². The van der Waals surface area contributed by atoms with Gasteiger partial charge < -0.3 is 14.3 Å². The summed E-state index contributed by atoms with van der Waals surface area (Å²) in [4.78, 5) is 23.5. The number of ether oxygens (including phenoxy) is 1. The molecular formula is C18H18N2O5. The lowest BCUT2D eigenvalue weighted by molar-refractivity contribution is 0.0659. The van der Waals surface area contributed by atoms with Gasteiger partial charge in [-0.15, -0.1) is 0 Å². The first-order valence-electron chi connectivity index (χ1n) is 7.88. The monoisotopic (exact) mass is 342 g/mol. The van der Waals surface area contributed by atoms with Crippen molar-refractivity contribution in [3.8, 4) is 5.75 Å². The minimum atomic E-state index is -1.10. The number of aromatic carboxylic acids is 1. The van der Waals surface area contributed by atoms with Gasteiger partial charge in [0, 0.05) is 23.1 Å². The van der Waals surface area contributed by atoms with E-state index in [2.05, 4.69) is 10.5 Å². The maximum Gasteiger partial charge on any atom is 0.372 e. The summed E-state index contributed by atoms with van der Waals surface area (Å²) in [6, 6.07) is 6.75. The Morgan fingerprint density at radius 3 is 2.84 bits per heavy atom. The van der Waals surface area contributed by atoms with E-state index in [0.29, 0.717) is 46.8 Å². The maximum atomic E-state index is 12.3. The third-order valence-electron chi connectivity index (χ3n) is 4.14. The van der Waals surface area contributed by atoms with E-state index in [0.717, 1.165) is 6.42 Å². The first-order valence-corrected chi connectivity index (χ1v) is 7.88. The number of rotatable bonds is 4. The minimum Gasteiger partial charge on any atom is -0.497 e. The third kappa shape index (κ3) is 3.26. The molecule has 1 amide bonds. The van der Waals surface area contributed by atoms with Crippen LogP contribution in [0, 0.1) is 6.92 Å². The van der Waals surface area contributed by atoms with Crippen molar-refractivity contribution in [2.75, 3.05) is 7.11 Å². The maximum absolute atomic E-state index is 12.3. The van der Waals surface area contributed by atoms with Crippen LogP contribution in [0.1, 0.15) is 50.6 Å². The zero-order valence-corrected chi connectivity index (χ0v) is 14.0. The number of nitrogens with zero attached hydrogens (tertiary/aromatic N) is 1. The zero-order valence-electron chi connectivity index (χ0n) is 14.0. The van der Waals surface area contributed by atoms with Gasteiger partial charge in [0.25, 0.3) is 5.91 Å². The largest absolute Gasteiger partial charge is 0.497 e. The second-order valence-corrected chi connectivity index (χ2v) is 5.74. The van der Waals surface area contributed by atoms with Crippen molar-refractivity contribution < 1.29 is 23.8 Å². The second kappa shape index (κ2) is 6.80. The highest BCUT2D eigenvalue weighted by Crippen LogP contribution is 2.29. The average molecular weight is 342 g/mol. The van der Waals surface area contributed by atoms with Crippen LogP contribution in [0.2, 0.25) is 0 Å². The molecule has 1 aliphatic rings. The number of fused-ring (bicyclic) bond motifs is 1. The molecule has 130 valence electrons. The van der Waals surface area contributed by atoms with Gasteiger partial charge >= 0.3 is 5.97 Å². The Kier molecular flexibility index (Phi) is 4.56. The van der Waals surface area contributed by atoms with Crippen molar-refractivity contribution in [3.63, 3.8) is 0 Å². The second-order valence-electron chi connectivity index (χ2n) is 5.74. The molecule has 2 aromatic rings. The topological polar surface area (TPSA) is 101 Å². The number of hydrazone groups is 1. The molecule has 0 aliphatic heterocycles. The summed E-state index contributed by atoms with van der Waals surface area (Å²) in [5.41, 5.74) is 4.82. The van der Waals surface area contributed by atoms with Gasteiger partial charge in [0.1, 0.15) is 11.5 Å². The smallest absolute Gasteiger partial charge is 0.372 e. The van der Waals surface area contributed by atoms with Crippen molar-refractivity contribution in [1.29, 1.82) is 0 Å². The summed E-state index contributed by atoms with van der Waals surface area (Å²) in [6.07, 6.45) is 2.09. The minimum absolute atomic E-state index is 0.0706. The van der Waals surface area contributed by atoms with Gasteiger partial charge in [-0.3, -0.25) is 4.79 Å². The number of carbonyl (C=O) groups excluding carboxylic acids is 1. The molecule has 1 aromatic carbocycles. The molecule has 0 spiro atoms. The molecule has 2 N–H and O–H groups in total. The van der Waals surface area contributed by atoms with Crippen molar-refractivity contribution in [3.05, 3.63) is 52.5 Å². The van der Waals surface area contributed by atoms with Crippen LogP contribution in [0.15, 0.2) is 33.8 Å². The van der Waals surface area contributed by atoms with Crippen LogP contribution >= 0.6 is 0 Å². The first kappa shape index (κ1) is 16.8. The van der Waals surface area contributed by atoms with Gasteiger partial charge in [0.05, 0.1) is 12.8 Å². The van der Waals surface area contributed by atoms with Crippen LogP contribution in [0.25, 0.3) is 0 Å². The molecule has 1 heterocycles. The predicted octanol–water partition coefficient (Wildman–Crippen LogP) is 2.77. The van der Waals surface area contributed by atoms with E-state index >= 15 is 0 Å². The number of nitrogens with one attached hydrogen (secondary N) is 1. The molecule has 0 fully saturated rings. The number of benzene rings is 1. The number of hydrogen-bond donors (Lipinski definition) is 2. The van der Waals surface area contributed by atoms with E-state index in [9.17, 15) is 14.7 Å². The fourth-order valence-electron chi connectivity index (χ4n) is 2.93. The molecule has 0 radical (unpaired) electrons. The Morgan fingerprint density at radius 1 is 1.32 bits per heavy atom. The standard InChI is InChI=1S/C18H18N2O5/c1-10-15-13(7-4-8-14(15)25-16(10)18(22)23)19-20-17(21)11-5-3-6-12(9-11)24-2/h3,5-6,9H,4,7-8H2,1-2H3,(H,20,21)(H,22,23)/b19-13+. The van der Waals surface area contributed by atoms with E-state index in [4.69, 9.17) is 9.15 Å². The fourth-order valence-corrected chi connectivity index (χ4v) is 2.93. The molecule has 0 bridgehead atoms. The number of methoxy groups -OCH3 is 1. The number of furan rings is 1. The lowest BCUT2D eigenvalue weighted by Gasteiger charge is -2.13. The number of carbonyl (C=O) groups is 2. The Labute approximate surface area is 144 Å². The van der Waals surface area contributed by atoms with Crippen molar-refractivity contribution in [1.82, 2.24) is 5.43 Å². The normalized spacial score (nSPS) is 14.9. The number of carboxylic acids is 1. The van der Waals surface area contributed by atoms with Crippen molar-refractivity contribution in [2.45, 2.75) is 26.2 Å². The molecule has 0 saturated carbocycles. The molecule has 7 nitrogen and oxygen atoms in total. The Bertz CT molecular complexity index is 866. The van der Waals surface area contributed by atoms with Crippen LogP contribution in [0.5, 0.6) is 5.75 Å². The number of hydrogen-bond acceptors (Lipinski definition) is 5. The molecule has 0 saturated heterocycles. The van der Waals surface area contributed by atoms with E-state index < -0.39 is 5.97 Å². The predicted molar refractivity (Wildman–Crippen MR) is 90.3 cm³/mol. The zero-order chi connectivity index (χ0) is 18.0. The molecule has 3 rings (SSSR count). The first-order chi connectivity index (χ1) is 12.0. The summed E-state index contributed by atoms with van der Waals surface area (Å²) in [7, 11) is 1.53. The van der Waals surface area contributed by atoms with Crippen LogP contribution in [0.4, 0.5) is 0 Å². The number of amides is 1. The highest BCUT2D eigenvalue weighted by atomic mass is 16.5. The molecule has 1 aromatic heterocycles. The van der Waals surface area contributed by atoms with E-state index in [1.807, 2.05) is 0 Å². The van der Waals surface area contributed by atoms with Gasteiger partial charge in [0.15, 0.2) is 0 Å². The molecule has 7 heteroatoms. The van der Waals surface area contributed by atoms with E-state index in [1.54, 1.807) is 31.2 Å². The van der Waals surface area contributed by atoms with Gasteiger partial charge in [-0.1, -0.05) is 6.07 Å².